The number of carbonyl (C=O) groups is 2. The SMILES string of the molecule is C#CCBr.C#CCN1CCCn2c1nn1c(C(C)C)ncc1c2=O.C1CCOC1.CC(C)c1ncc2c(=O)n3c(nn12)N(CC#Cc1ccccn1)CCC3.CC(C)c1ncc2c(=O)n3c(nn12)N(CCCc1ccccn1)CCC3.CC(C)c1ncc2c(=O)n3c(nn12)NCCC3.CCOC(C)=O.CO.O=CO[O-].[Cs+].[Cs+].[H-]. The number of fused-ring (bicyclic) bond motifs is 8. The molecule has 0 unspecified atom stereocenters. The number of carbonyl (C=O) groups excluding carboxylic acids is 2. The van der Waals surface area contributed by atoms with E-state index in [1.807, 2.05) is 87.9 Å². The Morgan fingerprint density at radius 2 is 1.01 bits per heavy atom. The van der Waals surface area contributed by atoms with Crippen molar-refractivity contribution in [1.29, 1.82) is 0 Å². The molecule has 33 nitrogen and oxygen atoms in total. The summed E-state index contributed by atoms with van der Waals surface area (Å²) in [6, 6.07) is 11.7. The molecule has 2 N–H and O–H groups in total. The first-order valence-electron chi connectivity index (χ1n) is 36.7. The molecule has 15 rings (SSSR count). The van der Waals surface area contributed by atoms with Crippen LogP contribution in [0.4, 0.5) is 23.8 Å². The van der Waals surface area contributed by atoms with E-state index in [1.165, 1.54) is 19.8 Å². The summed E-state index contributed by atoms with van der Waals surface area (Å²) in [5.41, 5.74) is 3.91. The van der Waals surface area contributed by atoms with Crippen molar-refractivity contribution in [3.8, 4) is 36.5 Å². The van der Waals surface area contributed by atoms with Crippen molar-refractivity contribution in [3.63, 3.8) is 0 Å². The average molecular weight is 1840 g/mol. The Hall–Kier alpha value is -7.02. The molecule has 0 spiro atoms. The minimum atomic E-state index is -0.211. The number of nitrogens with zero attached hydrogens (tertiary/aromatic N) is 21. The molecule has 5 aliphatic rings. The number of rotatable bonds is 12. The van der Waals surface area contributed by atoms with Gasteiger partial charge in [-0.1, -0.05) is 101 Å². The number of imidazole rings is 4. The standard InChI is InChI=1S/C19H24N6O.C19H20N6O.C14H17N5O.C11H15N5O.C4H8O2.C4H8O.C3H3Br.CH2O3.CH4O.2Cs.H/c2*1-14(2)17-21-13-16-18(26)24-12-6-11-23(19(24)22-25(16)17)10-5-8-15-7-3-4-9-20-15;1-4-6-17-7-5-8-18-13(20)11-9-15-12(10(2)3)19(11)16-14(17)18;1-7(2)9-13-6-8-10(17)15-5-3-4-12-11(15)14-16(8)9;1-3-6-4(2)5;1-2-4-5-3-1;1-2-3-4;2-1-4-3;1-2;;;/h3-4,7,9,13-14H,5-6,8,10-12H2,1-2H3;3-4,7,9,13-14H,6,10-12H2,1-2H3;1,9-10H,5-8H2,2-3H3;6-7H,3-5H2,1-2H3,(H,12,14);3H2,1-2H3;1-4H2;1H,3H2;1,3H;2H,1H3;;;/q;;;;;;;;;2*+1;-1/p-1. The second-order valence-electron chi connectivity index (χ2n) is 26.4. The maximum Gasteiger partial charge on any atom is 1.00 e. The maximum atomic E-state index is 12.9. The van der Waals surface area contributed by atoms with Crippen LogP contribution in [-0.4, -0.2) is 182 Å². The molecule has 0 bridgehead atoms. The van der Waals surface area contributed by atoms with Gasteiger partial charge in [0.15, 0.2) is 22.1 Å². The molecule has 0 atom stereocenters. The third-order valence-corrected chi connectivity index (χ3v) is 17.5. The average Bonchev–Trinajstić information content (AvgIpc) is 1.61. The monoisotopic (exact) mass is 1840 g/mol. The second kappa shape index (κ2) is 49.7. The number of pyridine rings is 2. The summed E-state index contributed by atoms with van der Waals surface area (Å²) in [6.07, 6.45) is 28.3. The van der Waals surface area contributed by atoms with Crippen LogP contribution >= 0.6 is 15.9 Å². The molecule has 36 heteroatoms. The molecular formula is C76H101BrCs2N22O11. The molecule has 10 aromatic heterocycles. The Kier molecular flexibility index (Phi) is 42.4. The van der Waals surface area contributed by atoms with E-state index in [-0.39, 0.29) is 198 Å². The molecule has 0 amide bonds. The molecule has 112 heavy (non-hydrogen) atoms. The topological polar surface area (TPSA) is 361 Å². The number of nitrogens with one attached hydrogen (secondary N) is 1. The molecular weight excluding hydrogens is 1740 g/mol. The molecule has 0 saturated carbocycles. The van der Waals surface area contributed by atoms with Crippen LogP contribution in [0.2, 0.25) is 0 Å². The van der Waals surface area contributed by atoms with Crippen molar-refractivity contribution in [3.05, 3.63) is 150 Å². The predicted octanol–water partition coefficient (Wildman–Crippen LogP) is 0.156. The van der Waals surface area contributed by atoms with Crippen molar-refractivity contribution < 1.29 is 174 Å². The summed E-state index contributed by atoms with van der Waals surface area (Å²) < 4.78 is 23.0. The molecule has 10 aromatic rings. The fourth-order valence-electron chi connectivity index (χ4n) is 12.2. The molecule has 0 aromatic carbocycles. The number of terminal acetylenes is 2. The number of aliphatic hydroxyl groups excluding tert-OH is 1. The van der Waals surface area contributed by atoms with Crippen LogP contribution in [0.5, 0.6) is 0 Å². The molecule has 590 valence electrons. The van der Waals surface area contributed by atoms with Crippen molar-refractivity contribution in [1.82, 2.24) is 86.6 Å². The van der Waals surface area contributed by atoms with Crippen molar-refractivity contribution in [2.24, 2.45) is 0 Å². The maximum absolute atomic E-state index is 12.9. The van der Waals surface area contributed by atoms with Gasteiger partial charge in [-0.3, -0.25) is 52.0 Å². The number of aryl methyl sites for hydroxylation is 1. The van der Waals surface area contributed by atoms with E-state index >= 15 is 0 Å². The van der Waals surface area contributed by atoms with Crippen LogP contribution < -0.4 is 185 Å². The molecule has 15 heterocycles. The van der Waals surface area contributed by atoms with E-state index in [2.05, 4.69) is 119 Å². The van der Waals surface area contributed by atoms with Crippen LogP contribution in [0.1, 0.15) is 174 Å². The van der Waals surface area contributed by atoms with E-state index in [0.717, 1.165) is 145 Å². The van der Waals surface area contributed by atoms with Gasteiger partial charge in [-0.25, -0.2) is 43.0 Å². The number of ether oxygens (including phenoxy) is 2. The largest absolute Gasteiger partial charge is 1.00 e. The van der Waals surface area contributed by atoms with E-state index in [4.69, 9.17) is 42.9 Å². The van der Waals surface area contributed by atoms with Gasteiger partial charge >= 0.3 is 144 Å². The normalized spacial score (nSPS) is 13.2. The molecule has 1 fully saturated rings. The number of esters is 1. The van der Waals surface area contributed by atoms with Crippen molar-refractivity contribution in [2.75, 3.05) is 98.1 Å². The smallest absolute Gasteiger partial charge is 1.00 e. The van der Waals surface area contributed by atoms with Gasteiger partial charge in [0, 0.05) is 128 Å². The van der Waals surface area contributed by atoms with Gasteiger partial charge in [-0.2, -0.15) is 0 Å². The molecule has 0 radical (unpaired) electrons. The summed E-state index contributed by atoms with van der Waals surface area (Å²) in [5.74, 6) is 17.8. The van der Waals surface area contributed by atoms with Crippen LogP contribution in [-0.2, 0) is 56.6 Å². The zero-order valence-corrected chi connectivity index (χ0v) is 80.7. The number of halogens is 1. The number of aromatic nitrogens is 18. The number of aliphatic hydroxyl groups is 1. The molecule has 0 aliphatic carbocycles. The number of hydrogen-bond acceptors (Lipinski definition) is 25. The fraction of sp³-hybridized carbons (Fsp3) is 0.500. The summed E-state index contributed by atoms with van der Waals surface area (Å²) in [7, 11) is 1.00. The van der Waals surface area contributed by atoms with Gasteiger partial charge in [-0.15, -0.1) is 33.2 Å². The third-order valence-electron chi connectivity index (χ3n) is 17.2. The Morgan fingerprint density at radius 3 is 1.38 bits per heavy atom. The van der Waals surface area contributed by atoms with Crippen molar-refractivity contribution in [2.45, 2.75) is 170 Å². The zero-order valence-electron chi connectivity index (χ0n) is 67.5. The van der Waals surface area contributed by atoms with Gasteiger partial charge in [0.2, 0.25) is 23.8 Å². The Labute approximate surface area is 778 Å². The number of hydrogen-bond donors (Lipinski definition) is 2. The van der Waals surface area contributed by atoms with Gasteiger partial charge in [-0.05, 0) is 88.5 Å². The summed E-state index contributed by atoms with van der Waals surface area (Å²) >= 11 is 3.01. The number of alkyl halides is 1. The van der Waals surface area contributed by atoms with E-state index in [0.29, 0.717) is 78.0 Å². The first-order valence-corrected chi connectivity index (χ1v) is 37.9. The van der Waals surface area contributed by atoms with Crippen LogP contribution in [0.25, 0.3) is 22.1 Å². The Balaban J connectivity index is 0.000000292. The minimum absolute atomic E-state index is 0. The van der Waals surface area contributed by atoms with E-state index in [1.54, 1.807) is 74.2 Å². The summed E-state index contributed by atoms with van der Waals surface area (Å²) in [4.78, 5) is 104. The van der Waals surface area contributed by atoms with Gasteiger partial charge in [0.1, 0.15) is 29.0 Å². The van der Waals surface area contributed by atoms with Crippen LogP contribution in [0.15, 0.2) is 92.8 Å². The van der Waals surface area contributed by atoms with Gasteiger partial charge < -0.3 is 46.2 Å². The molecule has 5 aliphatic heterocycles. The fourth-order valence-corrected chi connectivity index (χ4v) is 12.2. The van der Waals surface area contributed by atoms with Gasteiger partial charge in [0.25, 0.3) is 28.7 Å². The first kappa shape index (κ1) is 95.6. The quantitative estimate of drug-likeness (QED) is 0.0411. The zero-order chi connectivity index (χ0) is 79.8. The molecule has 1 saturated heterocycles. The van der Waals surface area contributed by atoms with E-state index < -0.39 is 0 Å². The van der Waals surface area contributed by atoms with Gasteiger partial charge in [0.05, 0.1) is 49.8 Å². The minimum Gasteiger partial charge on any atom is -1.00 e. The summed E-state index contributed by atoms with van der Waals surface area (Å²) in [5, 5.41) is 37.8. The Bertz CT molecular complexity index is 5030. The van der Waals surface area contributed by atoms with Crippen LogP contribution in [0, 0.1) is 36.5 Å². The Morgan fingerprint density at radius 1 is 0.598 bits per heavy atom. The first-order chi connectivity index (χ1) is 53.2. The third kappa shape index (κ3) is 26.0. The van der Waals surface area contributed by atoms with E-state index in [9.17, 15) is 24.0 Å². The second-order valence-corrected chi connectivity index (χ2v) is 27.0. The van der Waals surface area contributed by atoms with Crippen LogP contribution in [0.3, 0.4) is 0 Å². The number of anilines is 4. The van der Waals surface area contributed by atoms with Crippen molar-refractivity contribution >= 4 is 74.2 Å². The predicted molar refractivity (Wildman–Crippen MR) is 423 cm³/mol. The summed E-state index contributed by atoms with van der Waals surface area (Å²) in [6.45, 7) is 29.9.